The van der Waals surface area contributed by atoms with Gasteiger partial charge >= 0.3 is 0 Å². The predicted molar refractivity (Wildman–Crippen MR) is 68.1 cm³/mol. The number of aromatic amines is 1. The molecule has 0 aliphatic heterocycles. The minimum absolute atomic E-state index is 0.157. The molecule has 0 bridgehead atoms. The lowest BCUT2D eigenvalue weighted by atomic mass is 10.1. The van der Waals surface area contributed by atoms with Gasteiger partial charge in [-0.3, -0.25) is 0 Å². The van der Waals surface area contributed by atoms with E-state index in [4.69, 9.17) is 10.5 Å². The third kappa shape index (κ3) is 1.64. The number of benzene rings is 1. The van der Waals surface area contributed by atoms with Crippen LogP contribution >= 0.6 is 0 Å². The van der Waals surface area contributed by atoms with Crippen molar-refractivity contribution in [2.45, 2.75) is 0 Å². The summed E-state index contributed by atoms with van der Waals surface area (Å²) in [6.07, 6.45) is 3.45. The van der Waals surface area contributed by atoms with Crippen LogP contribution in [0.2, 0.25) is 0 Å². The molecule has 3 rings (SSSR count). The second-order valence-corrected chi connectivity index (χ2v) is 3.81. The van der Waals surface area contributed by atoms with Crippen LogP contribution in [0.4, 0.5) is 5.95 Å². The maximum absolute atomic E-state index is 5.55. The molecule has 0 saturated heterocycles. The zero-order valence-electron chi connectivity index (χ0n) is 9.71. The van der Waals surface area contributed by atoms with Gasteiger partial charge in [-0.15, -0.1) is 5.10 Å². The van der Waals surface area contributed by atoms with E-state index in [9.17, 15) is 0 Å². The Kier molecular flexibility index (Phi) is 2.33. The molecule has 0 unspecified atom stereocenters. The van der Waals surface area contributed by atoms with Gasteiger partial charge in [0.25, 0.3) is 0 Å². The Hall–Kier alpha value is -2.63. The number of hydrogen-bond donors (Lipinski definition) is 2. The van der Waals surface area contributed by atoms with Crippen LogP contribution < -0.4 is 10.5 Å². The van der Waals surface area contributed by atoms with E-state index in [1.54, 1.807) is 13.3 Å². The largest absolute Gasteiger partial charge is 0.497 e. The quantitative estimate of drug-likeness (QED) is 0.711. The summed E-state index contributed by atoms with van der Waals surface area (Å²) in [5, 5.41) is 8.46. The van der Waals surface area contributed by atoms with E-state index in [0.717, 1.165) is 22.2 Å². The Morgan fingerprint density at radius 1 is 1.33 bits per heavy atom. The number of anilines is 1. The SMILES string of the molecule is COc1ccc2[nH]cc(-c3cnnc(N)n3)c2c1. The van der Waals surface area contributed by atoms with Gasteiger partial charge in [0, 0.05) is 22.7 Å². The average Bonchev–Trinajstić information content (AvgIpc) is 2.81. The molecule has 3 aromatic rings. The van der Waals surface area contributed by atoms with Crippen molar-refractivity contribution >= 4 is 16.9 Å². The zero-order valence-corrected chi connectivity index (χ0v) is 9.71. The highest BCUT2D eigenvalue weighted by molar-refractivity contribution is 5.95. The van der Waals surface area contributed by atoms with Crippen LogP contribution in [0.5, 0.6) is 5.75 Å². The normalized spacial score (nSPS) is 10.7. The van der Waals surface area contributed by atoms with Crippen molar-refractivity contribution in [2.24, 2.45) is 0 Å². The van der Waals surface area contributed by atoms with E-state index in [1.165, 1.54) is 0 Å². The number of methoxy groups -OCH3 is 1. The maximum Gasteiger partial charge on any atom is 0.240 e. The molecule has 6 nitrogen and oxygen atoms in total. The summed E-state index contributed by atoms with van der Waals surface area (Å²) in [6.45, 7) is 0. The van der Waals surface area contributed by atoms with Gasteiger partial charge < -0.3 is 15.5 Å². The van der Waals surface area contributed by atoms with Crippen molar-refractivity contribution in [3.63, 3.8) is 0 Å². The van der Waals surface area contributed by atoms with Gasteiger partial charge in [0.2, 0.25) is 5.95 Å². The minimum atomic E-state index is 0.157. The fourth-order valence-electron chi connectivity index (χ4n) is 1.89. The average molecular weight is 241 g/mol. The number of nitrogen functional groups attached to an aromatic ring is 1. The topological polar surface area (TPSA) is 89.7 Å². The molecule has 0 aliphatic rings. The zero-order chi connectivity index (χ0) is 12.5. The van der Waals surface area contributed by atoms with Gasteiger partial charge in [-0.1, -0.05) is 0 Å². The number of aromatic nitrogens is 4. The molecule has 0 aliphatic carbocycles. The van der Waals surface area contributed by atoms with Gasteiger partial charge in [-0.25, -0.2) is 4.98 Å². The van der Waals surface area contributed by atoms with Crippen LogP contribution in [0.3, 0.4) is 0 Å². The van der Waals surface area contributed by atoms with Gasteiger partial charge in [0.1, 0.15) is 5.75 Å². The second kappa shape index (κ2) is 3.99. The molecule has 0 fully saturated rings. The molecule has 0 spiro atoms. The summed E-state index contributed by atoms with van der Waals surface area (Å²) >= 11 is 0. The monoisotopic (exact) mass is 241 g/mol. The highest BCUT2D eigenvalue weighted by atomic mass is 16.5. The molecular formula is C12H11N5O. The van der Waals surface area contributed by atoms with E-state index < -0.39 is 0 Å². The first kappa shape index (κ1) is 10.5. The summed E-state index contributed by atoms with van der Waals surface area (Å²) in [4.78, 5) is 7.34. The molecule has 6 heteroatoms. The fourth-order valence-corrected chi connectivity index (χ4v) is 1.89. The minimum Gasteiger partial charge on any atom is -0.497 e. The molecule has 0 amide bonds. The van der Waals surface area contributed by atoms with Crippen molar-refractivity contribution in [3.05, 3.63) is 30.6 Å². The summed E-state index contributed by atoms with van der Waals surface area (Å²) < 4.78 is 5.22. The standard InChI is InChI=1S/C12H11N5O/c1-18-7-2-3-10-8(4-7)9(5-14-10)11-6-15-17-12(13)16-11/h2-6,14H,1H3,(H2,13,16,17). The number of rotatable bonds is 2. The third-order valence-corrected chi connectivity index (χ3v) is 2.74. The van der Waals surface area contributed by atoms with Crippen LogP contribution in [0.1, 0.15) is 0 Å². The Balaban J connectivity index is 2.22. The molecule has 1 aromatic carbocycles. The van der Waals surface area contributed by atoms with Gasteiger partial charge in [-0.2, -0.15) is 5.10 Å². The highest BCUT2D eigenvalue weighted by Gasteiger charge is 2.09. The fraction of sp³-hybridized carbons (Fsp3) is 0.0833. The van der Waals surface area contributed by atoms with Gasteiger partial charge in [-0.05, 0) is 18.2 Å². The maximum atomic E-state index is 5.55. The lowest BCUT2D eigenvalue weighted by Crippen LogP contribution is -1.97. The first-order valence-corrected chi connectivity index (χ1v) is 5.38. The molecule has 0 saturated carbocycles. The first-order chi connectivity index (χ1) is 8.78. The van der Waals surface area contributed by atoms with Crippen LogP contribution in [0.25, 0.3) is 22.2 Å². The highest BCUT2D eigenvalue weighted by Crippen LogP contribution is 2.29. The third-order valence-electron chi connectivity index (χ3n) is 2.74. The number of fused-ring (bicyclic) bond motifs is 1. The van der Waals surface area contributed by atoms with Crippen LogP contribution in [-0.2, 0) is 0 Å². The van der Waals surface area contributed by atoms with Crippen LogP contribution in [0, 0.1) is 0 Å². The molecule has 90 valence electrons. The van der Waals surface area contributed by atoms with Crippen molar-refractivity contribution < 1.29 is 4.74 Å². The lowest BCUT2D eigenvalue weighted by Gasteiger charge is -2.01. The Morgan fingerprint density at radius 2 is 2.22 bits per heavy atom. The number of nitrogens with zero attached hydrogens (tertiary/aromatic N) is 3. The Morgan fingerprint density at radius 3 is 3.00 bits per heavy atom. The second-order valence-electron chi connectivity index (χ2n) is 3.81. The molecule has 2 heterocycles. The molecule has 3 N–H and O–H groups in total. The van der Waals surface area contributed by atoms with Crippen LogP contribution in [-0.4, -0.2) is 27.3 Å². The summed E-state index contributed by atoms with van der Waals surface area (Å²) in [7, 11) is 1.64. The summed E-state index contributed by atoms with van der Waals surface area (Å²) in [6, 6.07) is 5.80. The van der Waals surface area contributed by atoms with E-state index in [0.29, 0.717) is 5.69 Å². The van der Waals surface area contributed by atoms with Crippen molar-refractivity contribution in [2.75, 3.05) is 12.8 Å². The number of hydrogen-bond acceptors (Lipinski definition) is 5. The number of H-pyrrole nitrogens is 1. The van der Waals surface area contributed by atoms with E-state index >= 15 is 0 Å². The predicted octanol–water partition coefficient (Wildman–Crippen LogP) is 1.61. The van der Waals surface area contributed by atoms with Gasteiger partial charge in [0.15, 0.2) is 0 Å². The molecule has 0 atom stereocenters. The Bertz CT molecular complexity index is 707. The van der Waals surface area contributed by atoms with Crippen molar-refractivity contribution in [3.8, 4) is 17.0 Å². The van der Waals surface area contributed by atoms with Crippen LogP contribution in [0.15, 0.2) is 30.6 Å². The molecule has 0 radical (unpaired) electrons. The Labute approximate surface area is 103 Å². The van der Waals surface area contributed by atoms with Crippen molar-refractivity contribution in [1.82, 2.24) is 20.2 Å². The number of nitrogens with one attached hydrogen (secondary N) is 1. The molecule has 18 heavy (non-hydrogen) atoms. The molecule has 2 aromatic heterocycles. The first-order valence-electron chi connectivity index (χ1n) is 5.38. The summed E-state index contributed by atoms with van der Waals surface area (Å²) in [5.41, 5.74) is 8.15. The van der Waals surface area contributed by atoms with Gasteiger partial charge in [0.05, 0.1) is 19.0 Å². The smallest absolute Gasteiger partial charge is 0.240 e. The molecular weight excluding hydrogens is 230 g/mol. The van der Waals surface area contributed by atoms with E-state index in [1.807, 2.05) is 24.4 Å². The lowest BCUT2D eigenvalue weighted by molar-refractivity contribution is 0.415. The number of nitrogens with two attached hydrogens (primary N) is 1. The van der Waals surface area contributed by atoms with E-state index in [-0.39, 0.29) is 5.95 Å². The van der Waals surface area contributed by atoms with E-state index in [2.05, 4.69) is 20.2 Å². The summed E-state index contributed by atoms with van der Waals surface area (Å²) in [5.74, 6) is 0.947. The number of ether oxygens (including phenoxy) is 1. The van der Waals surface area contributed by atoms with Crippen molar-refractivity contribution in [1.29, 1.82) is 0 Å².